The summed E-state index contributed by atoms with van der Waals surface area (Å²) in [5.41, 5.74) is 2.22. The standard InChI is InChI=1S/C21H26N2O3S/c1-15-4-6-18(7-5-15)21(24)22-19-8-10-20(11-9-19)27(25,26)23-13-16(2)12-17(3)14-23/h4-11,16-17H,12-14H2,1-3H3,(H,22,24)/t16-,17-/m1/s1. The number of sulfonamides is 1. The lowest BCUT2D eigenvalue weighted by Crippen LogP contribution is -2.42. The van der Waals surface area contributed by atoms with E-state index in [1.165, 1.54) is 0 Å². The van der Waals surface area contributed by atoms with Crippen molar-refractivity contribution in [2.45, 2.75) is 32.1 Å². The van der Waals surface area contributed by atoms with Gasteiger partial charge in [-0.1, -0.05) is 31.5 Å². The van der Waals surface area contributed by atoms with Gasteiger partial charge in [-0.3, -0.25) is 4.79 Å². The number of anilines is 1. The summed E-state index contributed by atoms with van der Waals surface area (Å²) in [6, 6.07) is 13.7. The van der Waals surface area contributed by atoms with Gasteiger partial charge < -0.3 is 5.32 Å². The summed E-state index contributed by atoms with van der Waals surface area (Å²) in [6.07, 6.45) is 1.05. The van der Waals surface area contributed by atoms with Gasteiger partial charge in [-0.05, 0) is 61.6 Å². The van der Waals surface area contributed by atoms with Crippen LogP contribution in [0, 0.1) is 18.8 Å². The minimum absolute atomic E-state index is 0.218. The minimum atomic E-state index is -3.51. The molecule has 1 heterocycles. The number of nitrogens with zero attached hydrogens (tertiary/aromatic N) is 1. The van der Waals surface area contributed by atoms with Crippen LogP contribution in [0.2, 0.25) is 0 Å². The number of piperidine rings is 1. The van der Waals surface area contributed by atoms with Crippen LogP contribution in [-0.2, 0) is 10.0 Å². The molecule has 0 bridgehead atoms. The van der Waals surface area contributed by atoms with Gasteiger partial charge in [0.2, 0.25) is 10.0 Å². The first-order chi connectivity index (χ1) is 12.8. The molecule has 3 rings (SSSR count). The van der Waals surface area contributed by atoms with Crippen LogP contribution in [0.3, 0.4) is 0 Å². The van der Waals surface area contributed by atoms with Crippen LogP contribution in [0.25, 0.3) is 0 Å². The molecule has 5 nitrogen and oxygen atoms in total. The lowest BCUT2D eigenvalue weighted by Gasteiger charge is -2.34. The van der Waals surface area contributed by atoms with Crippen LogP contribution in [-0.4, -0.2) is 31.7 Å². The fraction of sp³-hybridized carbons (Fsp3) is 0.381. The van der Waals surface area contributed by atoms with Crippen molar-refractivity contribution in [3.63, 3.8) is 0 Å². The van der Waals surface area contributed by atoms with Gasteiger partial charge in [0.25, 0.3) is 5.91 Å². The lowest BCUT2D eigenvalue weighted by molar-refractivity contribution is 0.102. The second-order valence-corrected chi connectivity index (χ2v) is 9.55. The monoisotopic (exact) mass is 386 g/mol. The quantitative estimate of drug-likeness (QED) is 0.866. The Morgan fingerprint density at radius 2 is 1.52 bits per heavy atom. The first-order valence-corrected chi connectivity index (χ1v) is 10.7. The Labute approximate surface area is 161 Å². The molecule has 1 aliphatic rings. The topological polar surface area (TPSA) is 66.5 Å². The molecule has 2 aromatic rings. The predicted octanol–water partition coefficient (Wildman–Crippen LogP) is 3.91. The number of nitrogens with one attached hydrogen (secondary N) is 1. The summed E-state index contributed by atoms with van der Waals surface area (Å²) >= 11 is 0. The Balaban J connectivity index is 1.72. The maximum absolute atomic E-state index is 12.9. The van der Waals surface area contributed by atoms with Gasteiger partial charge in [0.15, 0.2) is 0 Å². The van der Waals surface area contributed by atoms with Crippen LogP contribution in [0.4, 0.5) is 5.69 Å². The molecule has 1 amide bonds. The first kappa shape index (κ1) is 19.6. The normalized spacial score (nSPS) is 21.0. The lowest BCUT2D eigenvalue weighted by atomic mass is 9.94. The number of amides is 1. The number of hydrogen-bond donors (Lipinski definition) is 1. The van der Waals surface area contributed by atoms with Gasteiger partial charge in [0.1, 0.15) is 0 Å². The number of carbonyl (C=O) groups is 1. The summed E-state index contributed by atoms with van der Waals surface area (Å²) in [7, 11) is -3.51. The molecule has 27 heavy (non-hydrogen) atoms. The fourth-order valence-corrected chi connectivity index (χ4v) is 5.25. The zero-order valence-electron chi connectivity index (χ0n) is 16.0. The molecule has 1 fully saturated rings. The molecule has 0 radical (unpaired) electrons. The molecule has 0 aromatic heterocycles. The van der Waals surface area contributed by atoms with E-state index in [4.69, 9.17) is 0 Å². The third kappa shape index (κ3) is 4.57. The van der Waals surface area contributed by atoms with Gasteiger partial charge in [0.05, 0.1) is 4.90 Å². The molecule has 144 valence electrons. The van der Waals surface area contributed by atoms with E-state index < -0.39 is 10.0 Å². The summed E-state index contributed by atoms with van der Waals surface area (Å²) in [4.78, 5) is 12.6. The van der Waals surface area contributed by atoms with Gasteiger partial charge in [-0.15, -0.1) is 0 Å². The molecule has 6 heteroatoms. The Kier molecular flexibility index (Phi) is 5.67. The highest BCUT2D eigenvalue weighted by molar-refractivity contribution is 7.89. The molecule has 0 unspecified atom stereocenters. The number of hydrogen-bond acceptors (Lipinski definition) is 3. The summed E-state index contributed by atoms with van der Waals surface area (Å²) in [6.45, 7) is 7.24. The van der Waals surface area contributed by atoms with Crippen molar-refractivity contribution in [1.82, 2.24) is 4.31 Å². The van der Waals surface area contributed by atoms with Crippen molar-refractivity contribution in [3.05, 3.63) is 59.7 Å². The average Bonchev–Trinajstić information content (AvgIpc) is 2.62. The average molecular weight is 387 g/mol. The SMILES string of the molecule is Cc1ccc(C(=O)Nc2ccc(S(=O)(=O)N3C[C@H](C)C[C@@H](C)C3)cc2)cc1. The van der Waals surface area contributed by atoms with Crippen LogP contribution in [0.1, 0.15) is 36.2 Å². The van der Waals surface area contributed by atoms with E-state index in [2.05, 4.69) is 19.2 Å². The largest absolute Gasteiger partial charge is 0.322 e. The zero-order valence-corrected chi connectivity index (χ0v) is 16.8. The fourth-order valence-electron chi connectivity index (χ4n) is 3.57. The van der Waals surface area contributed by atoms with E-state index in [9.17, 15) is 13.2 Å². The Bertz CT molecular complexity index is 895. The molecular formula is C21H26N2O3S. The third-order valence-corrected chi connectivity index (χ3v) is 6.74. The van der Waals surface area contributed by atoms with Crippen LogP contribution in [0.15, 0.2) is 53.4 Å². The molecule has 1 N–H and O–H groups in total. The highest BCUT2D eigenvalue weighted by atomic mass is 32.2. The van der Waals surface area contributed by atoms with E-state index in [1.807, 2.05) is 19.1 Å². The summed E-state index contributed by atoms with van der Waals surface area (Å²) in [5.74, 6) is 0.498. The number of rotatable bonds is 4. The van der Waals surface area contributed by atoms with E-state index in [-0.39, 0.29) is 10.8 Å². The second kappa shape index (κ2) is 7.82. The zero-order chi connectivity index (χ0) is 19.6. The number of aryl methyl sites for hydroxylation is 1. The van der Waals surface area contributed by atoms with E-state index in [0.29, 0.717) is 36.2 Å². The van der Waals surface area contributed by atoms with Crippen LogP contribution < -0.4 is 5.32 Å². The first-order valence-electron chi connectivity index (χ1n) is 9.24. The molecule has 0 aliphatic carbocycles. The Hall–Kier alpha value is -2.18. The molecule has 1 aliphatic heterocycles. The molecule has 0 saturated carbocycles. The Morgan fingerprint density at radius 1 is 0.963 bits per heavy atom. The highest BCUT2D eigenvalue weighted by Gasteiger charge is 2.31. The molecule has 2 atom stereocenters. The summed E-state index contributed by atoms with van der Waals surface area (Å²) in [5, 5.41) is 2.80. The third-order valence-electron chi connectivity index (χ3n) is 4.90. The van der Waals surface area contributed by atoms with Gasteiger partial charge >= 0.3 is 0 Å². The van der Waals surface area contributed by atoms with Crippen LogP contribution >= 0.6 is 0 Å². The van der Waals surface area contributed by atoms with Crippen molar-refractivity contribution in [2.24, 2.45) is 11.8 Å². The number of benzene rings is 2. The molecule has 1 saturated heterocycles. The van der Waals surface area contributed by atoms with E-state index in [0.717, 1.165) is 12.0 Å². The van der Waals surface area contributed by atoms with Gasteiger partial charge in [0, 0.05) is 24.3 Å². The maximum Gasteiger partial charge on any atom is 0.255 e. The predicted molar refractivity (Wildman–Crippen MR) is 107 cm³/mol. The summed E-state index contributed by atoms with van der Waals surface area (Å²) < 4.78 is 27.4. The van der Waals surface area contributed by atoms with E-state index in [1.54, 1.807) is 40.7 Å². The molecule has 0 spiro atoms. The highest BCUT2D eigenvalue weighted by Crippen LogP contribution is 2.27. The van der Waals surface area contributed by atoms with E-state index >= 15 is 0 Å². The van der Waals surface area contributed by atoms with Crippen molar-refractivity contribution in [2.75, 3.05) is 18.4 Å². The van der Waals surface area contributed by atoms with Crippen molar-refractivity contribution >= 4 is 21.6 Å². The van der Waals surface area contributed by atoms with Crippen molar-refractivity contribution < 1.29 is 13.2 Å². The Morgan fingerprint density at radius 3 is 2.07 bits per heavy atom. The molecular weight excluding hydrogens is 360 g/mol. The second-order valence-electron chi connectivity index (χ2n) is 7.61. The number of carbonyl (C=O) groups excluding carboxylic acids is 1. The minimum Gasteiger partial charge on any atom is -0.322 e. The molecule has 2 aromatic carbocycles. The van der Waals surface area contributed by atoms with Crippen molar-refractivity contribution in [1.29, 1.82) is 0 Å². The van der Waals surface area contributed by atoms with Crippen LogP contribution in [0.5, 0.6) is 0 Å². The maximum atomic E-state index is 12.9. The smallest absolute Gasteiger partial charge is 0.255 e. The van der Waals surface area contributed by atoms with Gasteiger partial charge in [-0.25, -0.2) is 8.42 Å². The van der Waals surface area contributed by atoms with Gasteiger partial charge in [-0.2, -0.15) is 4.31 Å². The van der Waals surface area contributed by atoms with Crippen molar-refractivity contribution in [3.8, 4) is 0 Å².